The van der Waals surface area contributed by atoms with Crippen molar-refractivity contribution in [1.82, 2.24) is 5.32 Å². The Bertz CT molecular complexity index is 1060. The number of carbonyl (C=O) groups is 1. The Morgan fingerprint density at radius 2 is 0.871 bits per heavy atom. The van der Waals surface area contributed by atoms with Crippen molar-refractivity contribution in [2.24, 2.45) is 0 Å². The van der Waals surface area contributed by atoms with Gasteiger partial charge < -0.3 is 19.8 Å². The molecule has 0 aromatic heterocycles. The highest BCUT2D eigenvalue weighted by molar-refractivity contribution is 7.47. The molecule has 62 heavy (non-hydrogen) atoms. The quantitative estimate of drug-likeness (QED) is 0.0243. The molecule has 0 aromatic rings. The average Bonchev–Trinajstić information content (AvgIpc) is 3.23. The van der Waals surface area contributed by atoms with Gasteiger partial charge >= 0.3 is 7.82 Å². The third kappa shape index (κ3) is 47.0. The van der Waals surface area contributed by atoms with Gasteiger partial charge in [-0.1, -0.05) is 231 Å². The number of quaternary nitrogens is 1. The molecule has 0 saturated carbocycles. The molecule has 3 N–H and O–H groups in total. The molecule has 0 rings (SSSR count). The van der Waals surface area contributed by atoms with E-state index in [1.807, 2.05) is 27.2 Å². The zero-order valence-corrected chi connectivity index (χ0v) is 42.8. The Morgan fingerprint density at radius 1 is 0.532 bits per heavy atom. The fraction of sp³-hybridized carbons (Fsp3) is 0.906. The number of nitrogens with zero attached hydrogens (tertiary/aromatic N) is 1. The van der Waals surface area contributed by atoms with Crippen molar-refractivity contribution in [3.63, 3.8) is 0 Å². The number of carbonyl (C=O) groups excluding carboxylic acids is 1. The summed E-state index contributed by atoms with van der Waals surface area (Å²) in [5.41, 5.74) is 0. The van der Waals surface area contributed by atoms with Crippen LogP contribution in [-0.4, -0.2) is 73.4 Å². The van der Waals surface area contributed by atoms with E-state index in [9.17, 15) is 19.4 Å². The minimum absolute atomic E-state index is 0.0622. The lowest BCUT2D eigenvalue weighted by Gasteiger charge is -2.25. The highest BCUT2D eigenvalue weighted by Crippen LogP contribution is 2.43. The molecule has 8 nitrogen and oxygen atoms in total. The van der Waals surface area contributed by atoms with Crippen LogP contribution in [0.5, 0.6) is 0 Å². The number of hydrogen-bond donors (Lipinski definition) is 3. The zero-order valence-electron chi connectivity index (χ0n) is 41.9. The highest BCUT2D eigenvalue weighted by atomic mass is 31.2. The van der Waals surface area contributed by atoms with Crippen LogP contribution in [0.2, 0.25) is 0 Å². The van der Waals surface area contributed by atoms with Gasteiger partial charge in [-0.2, -0.15) is 0 Å². The van der Waals surface area contributed by atoms with E-state index >= 15 is 0 Å². The van der Waals surface area contributed by atoms with Gasteiger partial charge in [0.25, 0.3) is 0 Å². The molecule has 0 fully saturated rings. The fourth-order valence-corrected chi connectivity index (χ4v) is 8.66. The Hall–Kier alpha value is -1.02. The number of phosphoric acid groups is 1. The smallest absolute Gasteiger partial charge is 0.387 e. The first-order valence-corrected chi connectivity index (χ1v) is 28.2. The second-order valence-corrected chi connectivity index (χ2v) is 21.1. The van der Waals surface area contributed by atoms with Gasteiger partial charge in [-0.3, -0.25) is 13.8 Å². The number of hydrogen-bond acceptors (Lipinski definition) is 5. The lowest BCUT2D eigenvalue weighted by atomic mass is 10.0. The standard InChI is InChI=1S/C53H105N2O6P/c1-6-8-10-12-14-16-18-20-22-24-26-28-30-32-34-36-38-40-42-44-46-52(56)51(50-61-62(58,59)60-49-48-55(3,4)5)54-53(57)47-45-43-41-39-37-35-33-31-29-27-25-23-21-19-17-15-13-11-9-7-2/h27,29,44,46,51-52,56H,6-26,28,30-43,45,47-50H2,1-5H3,(H-,54,57,58,59)/p+1/b29-27-,46-44+. The monoisotopic (exact) mass is 898 g/mol. The van der Waals surface area contributed by atoms with E-state index in [0.717, 1.165) is 38.5 Å². The predicted molar refractivity (Wildman–Crippen MR) is 268 cm³/mol. The van der Waals surface area contributed by atoms with Gasteiger partial charge in [-0.05, 0) is 44.9 Å². The van der Waals surface area contributed by atoms with Crippen LogP contribution in [0, 0.1) is 0 Å². The van der Waals surface area contributed by atoms with Gasteiger partial charge in [0.1, 0.15) is 13.2 Å². The number of aliphatic hydroxyl groups is 1. The minimum Gasteiger partial charge on any atom is -0.387 e. The van der Waals surface area contributed by atoms with Crippen molar-refractivity contribution in [2.75, 3.05) is 40.9 Å². The van der Waals surface area contributed by atoms with E-state index in [2.05, 4.69) is 31.3 Å². The van der Waals surface area contributed by atoms with Crippen molar-refractivity contribution in [3.8, 4) is 0 Å². The van der Waals surface area contributed by atoms with Gasteiger partial charge in [-0.15, -0.1) is 0 Å². The van der Waals surface area contributed by atoms with Gasteiger partial charge in [-0.25, -0.2) is 4.57 Å². The van der Waals surface area contributed by atoms with Gasteiger partial charge in [0.2, 0.25) is 5.91 Å². The minimum atomic E-state index is -4.34. The van der Waals surface area contributed by atoms with Crippen molar-refractivity contribution >= 4 is 13.7 Å². The number of phosphoric ester groups is 1. The Morgan fingerprint density at radius 3 is 1.24 bits per heavy atom. The van der Waals surface area contributed by atoms with Crippen molar-refractivity contribution in [3.05, 3.63) is 24.3 Å². The summed E-state index contributed by atoms with van der Waals surface area (Å²) in [5.74, 6) is -0.178. The van der Waals surface area contributed by atoms with Crippen LogP contribution < -0.4 is 5.32 Å². The molecule has 3 atom stereocenters. The molecule has 3 unspecified atom stereocenters. The molecule has 368 valence electrons. The molecule has 1 amide bonds. The number of unbranched alkanes of at least 4 members (excludes halogenated alkanes) is 34. The lowest BCUT2D eigenvalue weighted by molar-refractivity contribution is -0.870. The van der Waals surface area contributed by atoms with Gasteiger partial charge in [0.05, 0.1) is 39.9 Å². The Labute approximate surface area is 385 Å². The van der Waals surface area contributed by atoms with E-state index < -0.39 is 20.0 Å². The molecular weight excluding hydrogens is 792 g/mol. The molecule has 0 radical (unpaired) electrons. The molecular formula is C53H106N2O6P+. The van der Waals surface area contributed by atoms with Crippen molar-refractivity contribution in [2.45, 2.75) is 270 Å². The summed E-state index contributed by atoms with van der Waals surface area (Å²) in [6.45, 7) is 4.84. The first-order chi connectivity index (χ1) is 30.0. The zero-order chi connectivity index (χ0) is 45.7. The summed E-state index contributed by atoms with van der Waals surface area (Å²) >= 11 is 0. The van der Waals surface area contributed by atoms with Crippen LogP contribution in [0.25, 0.3) is 0 Å². The maximum Gasteiger partial charge on any atom is 0.472 e. The maximum absolute atomic E-state index is 12.9. The van der Waals surface area contributed by atoms with Crippen molar-refractivity contribution < 1.29 is 32.9 Å². The van der Waals surface area contributed by atoms with E-state index in [-0.39, 0.29) is 19.1 Å². The summed E-state index contributed by atoms with van der Waals surface area (Å²) in [6.07, 6.45) is 55.4. The molecule has 0 aliphatic rings. The number of aliphatic hydroxyl groups excluding tert-OH is 1. The summed E-state index contributed by atoms with van der Waals surface area (Å²) in [5, 5.41) is 13.9. The Kier molecular flexibility index (Phi) is 44.4. The molecule has 0 bridgehead atoms. The average molecular weight is 898 g/mol. The number of rotatable bonds is 49. The van der Waals surface area contributed by atoms with Crippen molar-refractivity contribution in [1.29, 1.82) is 0 Å². The molecule has 0 spiro atoms. The summed E-state index contributed by atoms with van der Waals surface area (Å²) < 4.78 is 23.7. The van der Waals surface area contributed by atoms with Gasteiger partial charge in [0, 0.05) is 6.42 Å². The number of likely N-dealkylation sites (N-methyl/N-ethyl adjacent to an activating group) is 1. The number of amides is 1. The summed E-state index contributed by atoms with van der Waals surface area (Å²) in [4.78, 5) is 23.2. The fourth-order valence-electron chi connectivity index (χ4n) is 7.92. The molecule has 9 heteroatoms. The van der Waals surface area contributed by atoms with Crippen LogP contribution in [0.3, 0.4) is 0 Å². The molecule has 0 heterocycles. The number of allylic oxidation sites excluding steroid dienone is 3. The topological polar surface area (TPSA) is 105 Å². The molecule has 0 aromatic carbocycles. The SMILES string of the molecule is CCCCCCCCCCC/C=C\CCCCCCCCCC(=O)NC(COP(=O)(O)OCC[N+](C)(C)C)C(O)/C=C/CCCCCCCCCCCCCCCCCCCC. The summed E-state index contributed by atoms with van der Waals surface area (Å²) in [7, 11) is 1.58. The Balaban J connectivity index is 4.28. The second-order valence-electron chi connectivity index (χ2n) is 19.6. The highest BCUT2D eigenvalue weighted by Gasteiger charge is 2.27. The van der Waals surface area contributed by atoms with Gasteiger partial charge in [0.15, 0.2) is 0 Å². The van der Waals surface area contributed by atoms with E-state index in [1.54, 1.807) is 6.08 Å². The van der Waals surface area contributed by atoms with Crippen LogP contribution >= 0.6 is 7.82 Å². The maximum atomic E-state index is 12.9. The van der Waals surface area contributed by atoms with E-state index in [0.29, 0.717) is 17.4 Å². The van der Waals surface area contributed by atoms with E-state index in [4.69, 9.17) is 9.05 Å². The van der Waals surface area contributed by atoms with Crippen LogP contribution in [0.4, 0.5) is 0 Å². The lowest BCUT2D eigenvalue weighted by Crippen LogP contribution is -2.45. The molecule has 0 aliphatic carbocycles. The number of nitrogens with one attached hydrogen (secondary N) is 1. The van der Waals surface area contributed by atoms with Crippen LogP contribution in [0.1, 0.15) is 258 Å². The van der Waals surface area contributed by atoms with Crippen LogP contribution in [0.15, 0.2) is 24.3 Å². The normalized spacial score (nSPS) is 14.2. The predicted octanol–water partition coefficient (Wildman–Crippen LogP) is 15.6. The third-order valence-electron chi connectivity index (χ3n) is 12.2. The van der Waals surface area contributed by atoms with E-state index in [1.165, 1.54) is 199 Å². The summed E-state index contributed by atoms with van der Waals surface area (Å²) in [6, 6.07) is -0.847. The first-order valence-electron chi connectivity index (χ1n) is 26.7. The molecule has 0 aliphatic heterocycles. The third-order valence-corrected chi connectivity index (χ3v) is 13.1. The first kappa shape index (κ1) is 61.0. The van der Waals surface area contributed by atoms with Crippen LogP contribution in [-0.2, 0) is 18.4 Å². The largest absolute Gasteiger partial charge is 0.472 e. The molecule has 0 saturated heterocycles. The second kappa shape index (κ2) is 45.1.